The highest BCUT2D eigenvalue weighted by Gasteiger charge is 2.21. The number of amides is 2. The lowest BCUT2D eigenvalue weighted by atomic mass is 10.1. The van der Waals surface area contributed by atoms with E-state index in [4.69, 9.17) is 0 Å². The molecule has 0 spiro atoms. The maximum absolute atomic E-state index is 12.3. The average molecular weight is 402 g/mol. The highest BCUT2D eigenvalue weighted by molar-refractivity contribution is 7.16. The third-order valence-corrected chi connectivity index (χ3v) is 5.93. The number of carbonyl (C=O) groups is 2. The molecule has 0 radical (unpaired) electrons. The summed E-state index contributed by atoms with van der Waals surface area (Å²) in [7, 11) is 2.06. The fraction of sp³-hybridized carbons (Fsp3) is 0.450. The Hall–Kier alpha value is -2.45. The number of aryl methyl sites for hydroxylation is 1. The second-order valence-corrected chi connectivity index (χ2v) is 8.04. The van der Waals surface area contributed by atoms with Crippen molar-refractivity contribution in [2.75, 3.05) is 42.2 Å². The molecule has 0 atom stereocenters. The van der Waals surface area contributed by atoms with Crippen LogP contribution in [0.2, 0.25) is 0 Å². The van der Waals surface area contributed by atoms with Crippen LogP contribution in [-0.2, 0) is 22.6 Å². The summed E-state index contributed by atoms with van der Waals surface area (Å²) in [6, 6.07) is 5.82. The minimum atomic E-state index is -0.702. The number of aromatic nitrogens is 1. The number of likely N-dealkylation sites (N-methyl/N-ethyl adjacent to an activating group) is 1. The first-order chi connectivity index (χ1) is 13.4. The quantitative estimate of drug-likeness (QED) is 0.754. The van der Waals surface area contributed by atoms with Gasteiger partial charge in [0.2, 0.25) is 0 Å². The minimum absolute atomic E-state index is 0.481. The number of nitrogens with one attached hydrogen (secondary N) is 2. The molecule has 0 unspecified atom stereocenters. The predicted octanol–water partition coefficient (Wildman–Crippen LogP) is 2.86. The fourth-order valence-electron chi connectivity index (χ4n) is 3.28. The summed E-state index contributed by atoms with van der Waals surface area (Å²) < 4.78 is 0. The Morgan fingerprint density at radius 1 is 1.21 bits per heavy atom. The predicted molar refractivity (Wildman–Crippen MR) is 114 cm³/mol. The lowest BCUT2D eigenvalue weighted by Crippen LogP contribution is -2.29. The molecule has 1 aromatic carbocycles. The maximum atomic E-state index is 12.3. The van der Waals surface area contributed by atoms with Crippen molar-refractivity contribution in [1.29, 1.82) is 0 Å². The van der Waals surface area contributed by atoms with Gasteiger partial charge in [-0.15, -0.1) is 11.3 Å². The van der Waals surface area contributed by atoms with Gasteiger partial charge in [0.05, 0.1) is 5.69 Å². The number of hydrogen-bond acceptors (Lipinski definition) is 6. The van der Waals surface area contributed by atoms with Gasteiger partial charge in [0.25, 0.3) is 0 Å². The molecule has 1 aliphatic heterocycles. The second kappa shape index (κ2) is 8.70. The first-order valence-electron chi connectivity index (χ1n) is 9.56. The summed E-state index contributed by atoms with van der Waals surface area (Å²) in [5.41, 5.74) is 3.67. The van der Waals surface area contributed by atoms with E-state index in [2.05, 4.69) is 46.3 Å². The SMILES string of the molecule is CCN(CC)c1ccc(NC(=O)C(=O)Nc2nc3c(s2)CN(C)CC3)c(C)c1. The normalized spacial score (nSPS) is 13.7. The van der Waals surface area contributed by atoms with Crippen molar-refractivity contribution in [3.63, 3.8) is 0 Å². The van der Waals surface area contributed by atoms with Gasteiger partial charge in [-0.1, -0.05) is 0 Å². The Morgan fingerprint density at radius 2 is 1.93 bits per heavy atom. The van der Waals surface area contributed by atoms with E-state index in [1.54, 1.807) is 0 Å². The molecular weight excluding hydrogens is 374 g/mol. The van der Waals surface area contributed by atoms with Gasteiger partial charge in [-0.25, -0.2) is 4.98 Å². The summed E-state index contributed by atoms with van der Waals surface area (Å²) >= 11 is 1.43. The summed E-state index contributed by atoms with van der Waals surface area (Å²) in [5, 5.41) is 5.81. The van der Waals surface area contributed by atoms with Gasteiger partial charge in [-0.05, 0) is 51.6 Å². The van der Waals surface area contributed by atoms with Gasteiger partial charge in [0.15, 0.2) is 5.13 Å². The fourth-order valence-corrected chi connectivity index (χ4v) is 4.37. The summed E-state index contributed by atoms with van der Waals surface area (Å²) in [4.78, 5) is 34.7. The first kappa shape index (κ1) is 20.3. The van der Waals surface area contributed by atoms with E-state index in [-0.39, 0.29) is 0 Å². The van der Waals surface area contributed by atoms with E-state index in [0.717, 1.165) is 54.4 Å². The highest BCUT2D eigenvalue weighted by Crippen LogP contribution is 2.28. The van der Waals surface area contributed by atoms with Crippen molar-refractivity contribution in [1.82, 2.24) is 9.88 Å². The Balaban J connectivity index is 1.64. The van der Waals surface area contributed by atoms with E-state index in [9.17, 15) is 9.59 Å². The van der Waals surface area contributed by atoms with E-state index in [0.29, 0.717) is 10.8 Å². The van der Waals surface area contributed by atoms with Crippen LogP contribution in [0.5, 0.6) is 0 Å². The lowest BCUT2D eigenvalue weighted by Gasteiger charge is -2.22. The molecule has 2 amide bonds. The van der Waals surface area contributed by atoms with Gasteiger partial charge >= 0.3 is 11.8 Å². The zero-order valence-electron chi connectivity index (χ0n) is 16.8. The molecular formula is C20H27N5O2S. The summed E-state index contributed by atoms with van der Waals surface area (Å²) in [6.07, 6.45) is 0.864. The average Bonchev–Trinajstić information content (AvgIpc) is 3.06. The number of carbonyl (C=O) groups excluding carboxylic acids is 2. The molecule has 0 fully saturated rings. The molecule has 0 saturated heterocycles. The lowest BCUT2D eigenvalue weighted by molar-refractivity contribution is -0.133. The first-order valence-corrected chi connectivity index (χ1v) is 10.4. The number of thiazole rings is 1. The van der Waals surface area contributed by atoms with Gasteiger partial charge in [-0.2, -0.15) is 0 Å². The zero-order valence-corrected chi connectivity index (χ0v) is 17.7. The minimum Gasteiger partial charge on any atom is -0.372 e. The van der Waals surface area contributed by atoms with E-state index < -0.39 is 11.8 Å². The van der Waals surface area contributed by atoms with Crippen LogP contribution in [0.4, 0.5) is 16.5 Å². The van der Waals surface area contributed by atoms with Crippen LogP contribution >= 0.6 is 11.3 Å². The summed E-state index contributed by atoms with van der Waals surface area (Å²) in [6.45, 7) is 9.74. The van der Waals surface area contributed by atoms with Crippen LogP contribution in [-0.4, -0.2) is 48.4 Å². The molecule has 1 aromatic heterocycles. The van der Waals surface area contributed by atoms with Gasteiger partial charge in [0, 0.05) is 48.9 Å². The third kappa shape index (κ3) is 4.51. The number of rotatable bonds is 5. The molecule has 7 nitrogen and oxygen atoms in total. The maximum Gasteiger partial charge on any atom is 0.315 e. The van der Waals surface area contributed by atoms with Crippen molar-refractivity contribution in [3.8, 4) is 0 Å². The molecule has 2 N–H and O–H groups in total. The highest BCUT2D eigenvalue weighted by atomic mass is 32.1. The van der Waals surface area contributed by atoms with E-state index in [1.165, 1.54) is 11.3 Å². The van der Waals surface area contributed by atoms with Crippen LogP contribution in [0.25, 0.3) is 0 Å². The molecule has 2 heterocycles. The van der Waals surface area contributed by atoms with Gasteiger partial charge in [-0.3, -0.25) is 14.9 Å². The molecule has 3 rings (SSSR count). The molecule has 2 aromatic rings. The van der Waals surface area contributed by atoms with Crippen LogP contribution in [0.1, 0.15) is 30.0 Å². The van der Waals surface area contributed by atoms with Crippen molar-refractivity contribution >= 4 is 39.7 Å². The Morgan fingerprint density at radius 3 is 2.61 bits per heavy atom. The molecule has 150 valence electrons. The van der Waals surface area contributed by atoms with Crippen LogP contribution in [0.15, 0.2) is 18.2 Å². The third-order valence-electron chi connectivity index (χ3n) is 4.94. The number of nitrogens with zero attached hydrogens (tertiary/aromatic N) is 3. The van der Waals surface area contributed by atoms with Crippen molar-refractivity contribution in [3.05, 3.63) is 34.3 Å². The Bertz CT molecular complexity index is 875. The molecule has 0 saturated carbocycles. The molecule has 1 aliphatic rings. The number of anilines is 3. The van der Waals surface area contributed by atoms with Crippen molar-refractivity contribution < 1.29 is 9.59 Å². The van der Waals surface area contributed by atoms with E-state index in [1.807, 2.05) is 25.1 Å². The number of fused-ring (bicyclic) bond motifs is 1. The van der Waals surface area contributed by atoms with Crippen LogP contribution < -0.4 is 15.5 Å². The van der Waals surface area contributed by atoms with Crippen LogP contribution in [0, 0.1) is 6.92 Å². The van der Waals surface area contributed by atoms with Crippen LogP contribution in [0.3, 0.4) is 0 Å². The zero-order chi connectivity index (χ0) is 20.3. The topological polar surface area (TPSA) is 77.6 Å². The molecule has 0 aliphatic carbocycles. The largest absolute Gasteiger partial charge is 0.372 e. The molecule has 28 heavy (non-hydrogen) atoms. The number of benzene rings is 1. The van der Waals surface area contributed by atoms with Crippen molar-refractivity contribution in [2.45, 2.75) is 33.7 Å². The standard InChI is InChI=1S/C20H27N5O2S/c1-5-25(6-2)14-7-8-15(13(3)11-14)21-18(26)19(27)23-20-22-16-9-10-24(4)12-17(16)28-20/h7-8,11H,5-6,9-10,12H2,1-4H3,(H,21,26)(H,22,23,27). The summed E-state index contributed by atoms with van der Waals surface area (Å²) in [5.74, 6) is -1.39. The van der Waals surface area contributed by atoms with Gasteiger partial charge in [0.1, 0.15) is 0 Å². The van der Waals surface area contributed by atoms with Crippen molar-refractivity contribution in [2.24, 2.45) is 0 Å². The molecule has 0 bridgehead atoms. The second-order valence-electron chi connectivity index (χ2n) is 6.96. The van der Waals surface area contributed by atoms with E-state index >= 15 is 0 Å². The molecule has 8 heteroatoms. The smallest absolute Gasteiger partial charge is 0.315 e. The van der Waals surface area contributed by atoms with Gasteiger partial charge < -0.3 is 15.1 Å². The Labute approximate surface area is 169 Å². The number of hydrogen-bond donors (Lipinski definition) is 2. The Kier molecular flexibility index (Phi) is 6.31. The monoisotopic (exact) mass is 401 g/mol.